The molecule has 148 valence electrons. The van der Waals surface area contributed by atoms with E-state index in [2.05, 4.69) is 28.2 Å². The van der Waals surface area contributed by atoms with E-state index in [0.29, 0.717) is 17.9 Å². The van der Waals surface area contributed by atoms with Crippen molar-refractivity contribution in [1.82, 2.24) is 9.97 Å². The summed E-state index contributed by atoms with van der Waals surface area (Å²) in [7, 11) is 0. The van der Waals surface area contributed by atoms with Crippen LogP contribution in [0.25, 0.3) is 11.3 Å². The lowest BCUT2D eigenvalue weighted by molar-refractivity contribution is 0.293. The van der Waals surface area contributed by atoms with E-state index in [4.69, 9.17) is 14.9 Å². The molecule has 0 spiro atoms. The Kier molecular flexibility index (Phi) is 5.72. The Bertz CT molecular complexity index is 1180. The summed E-state index contributed by atoms with van der Waals surface area (Å²) in [5.41, 5.74) is 10.3. The predicted molar refractivity (Wildman–Crippen MR) is 113 cm³/mol. The maximum atomic E-state index is 9.20. The summed E-state index contributed by atoms with van der Waals surface area (Å²) < 4.78 is 11.3. The van der Waals surface area contributed by atoms with Crippen molar-refractivity contribution in [2.24, 2.45) is 0 Å². The molecule has 6 heteroatoms. The summed E-state index contributed by atoms with van der Waals surface area (Å²) >= 11 is 0. The molecule has 0 saturated carbocycles. The van der Waals surface area contributed by atoms with Crippen LogP contribution < -0.4 is 10.5 Å². The van der Waals surface area contributed by atoms with Crippen LogP contribution in [0.2, 0.25) is 0 Å². The first-order valence-electron chi connectivity index (χ1n) is 9.58. The predicted octanol–water partition coefficient (Wildman–Crippen LogP) is 4.55. The van der Waals surface area contributed by atoms with Gasteiger partial charge in [-0.3, -0.25) is 0 Å². The Morgan fingerprint density at radius 3 is 2.70 bits per heavy atom. The number of rotatable bonds is 7. The van der Waals surface area contributed by atoms with Gasteiger partial charge in [-0.25, -0.2) is 4.98 Å². The highest BCUT2D eigenvalue weighted by molar-refractivity contribution is 5.58. The zero-order valence-electron chi connectivity index (χ0n) is 16.3. The quantitative estimate of drug-likeness (QED) is 0.492. The lowest BCUT2D eigenvalue weighted by Gasteiger charge is -2.09. The minimum atomic E-state index is 0.167. The molecule has 2 N–H and O–H groups in total. The van der Waals surface area contributed by atoms with Gasteiger partial charge in [0, 0.05) is 17.2 Å². The van der Waals surface area contributed by atoms with Crippen molar-refractivity contribution in [2.75, 3.05) is 5.73 Å². The summed E-state index contributed by atoms with van der Waals surface area (Å²) in [4.78, 5) is 8.48. The van der Waals surface area contributed by atoms with Gasteiger partial charge in [0.15, 0.2) is 0 Å². The highest BCUT2D eigenvalue weighted by Gasteiger charge is 2.08. The van der Waals surface area contributed by atoms with Gasteiger partial charge in [0.05, 0.1) is 23.6 Å². The van der Waals surface area contributed by atoms with Crippen LogP contribution in [0.3, 0.4) is 0 Å². The van der Waals surface area contributed by atoms with E-state index in [1.165, 1.54) is 5.56 Å². The molecule has 2 heterocycles. The summed E-state index contributed by atoms with van der Waals surface area (Å²) in [6, 6.07) is 23.3. The monoisotopic (exact) mass is 396 g/mol. The third-order valence-corrected chi connectivity index (χ3v) is 4.69. The molecule has 0 amide bonds. The standard InChI is InChI=1S/C24H20N4O2/c25-15-19-6-1-2-7-20(19)16-30-23-14-21(27-24(26)28-23)11-10-17-5-3-8-18(13-17)22-9-4-12-29-22/h1-9,12-14H,10-11,16H2,(H2,26,27,28). The van der Waals surface area contributed by atoms with Crippen LogP contribution >= 0.6 is 0 Å². The van der Waals surface area contributed by atoms with Crippen LogP contribution in [0.4, 0.5) is 5.95 Å². The molecule has 4 aromatic rings. The molecule has 0 radical (unpaired) electrons. The van der Waals surface area contributed by atoms with Crippen molar-refractivity contribution in [3.05, 3.63) is 95.4 Å². The molecule has 2 aromatic heterocycles. The maximum Gasteiger partial charge on any atom is 0.223 e. The van der Waals surface area contributed by atoms with Gasteiger partial charge in [0.1, 0.15) is 12.4 Å². The number of anilines is 1. The van der Waals surface area contributed by atoms with Gasteiger partial charge < -0.3 is 14.9 Å². The van der Waals surface area contributed by atoms with Crippen LogP contribution in [0.15, 0.2) is 77.4 Å². The fraction of sp³-hybridized carbons (Fsp3) is 0.125. The highest BCUT2D eigenvalue weighted by Crippen LogP contribution is 2.22. The van der Waals surface area contributed by atoms with Crippen LogP contribution in [-0.4, -0.2) is 9.97 Å². The number of nitrogen functional groups attached to an aromatic ring is 1. The molecular formula is C24H20N4O2. The maximum absolute atomic E-state index is 9.20. The molecule has 4 rings (SSSR count). The first-order chi connectivity index (χ1) is 14.7. The molecule has 2 aromatic carbocycles. The van der Waals surface area contributed by atoms with Gasteiger partial charge in [-0.05, 0) is 42.7 Å². The van der Waals surface area contributed by atoms with Gasteiger partial charge in [0.25, 0.3) is 0 Å². The van der Waals surface area contributed by atoms with Gasteiger partial charge in [-0.15, -0.1) is 0 Å². The molecule has 0 aliphatic rings. The van der Waals surface area contributed by atoms with Gasteiger partial charge >= 0.3 is 0 Å². The van der Waals surface area contributed by atoms with E-state index in [1.807, 2.05) is 42.5 Å². The molecule has 0 aliphatic heterocycles. The largest absolute Gasteiger partial charge is 0.473 e. The van der Waals surface area contributed by atoms with E-state index >= 15 is 0 Å². The summed E-state index contributed by atoms with van der Waals surface area (Å²) in [5.74, 6) is 1.41. The van der Waals surface area contributed by atoms with E-state index in [0.717, 1.165) is 29.0 Å². The minimum absolute atomic E-state index is 0.167. The fourth-order valence-electron chi connectivity index (χ4n) is 3.20. The third kappa shape index (κ3) is 4.65. The molecule has 0 fully saturated rings. The first-order valence-corrected chi connectivity index (χ1v) is 9.58. The lowest BCUT2D eigenvalue weighted by Crippen LogP contribution is -2.05. The van der Waals surface area contributed by atoms with E-state index in [-0.39, 0.29) is 12.6 Å². The zero-order valence-corrected chi connectivity index (χ0v) is 16.3. The molecule has 0 saturated heterocycles. The molecule has 30 heavy (non-hydrogen) atoms. The van der Waals surface area contributed by atoms with Crippen molar-refractivity contribution < 1.29 is 9.15 Å². The molecular weight excluding hydrogens is 376 g/mol. The number of nitriles is 1. The fourth-order valence-corrected chi connectivity index (χ4v) is 3.20. The number of hydrogen-bond acceptors (Lipinski definition) is 6. The average molecular weight is 396 g/mol. The molecule has 0 bridgehead atoms. The normalized spacial score (nSPS) is 10.5. The number of aromatic nitrogens is 2. The van der Waals surface area contributed by atoms with Crippen LogP contribution in [0.1, 0.15) is 22.4 Å². The van der Waals surface area contributed by atoms with Crippen molar-refractivity contribution in [2.45, 2.75) is 19.4 Å². The number of benzene rings is 2. The van der Waals surface area contributed by atoms with Crippen molar-refractivity contribution in [1.29, 1.82) is 5.26 Å². The summed E-state index contributed by atoms with van der Waals surface area (Å²) in [6.45, 7) is 0.241. The Balaban J connectivity index is 1.44. The summed E-state index contributed by atoms with van der Waals surface area (Å²) in [5, 5.41) is 9.20. The van der Waals surface area contributed by atoms with Crippen LogP contribution in [0.5, 0.6) is 5.88 Å². The molecule has 0 atom stereocenters. The molecule has 0 unspecified atom stereocenters. The van der Waals surface area contributed by atoms with Crippen LogP contribution in [0, 0.1) is 11.3 Å². The third-order valence-electron chi connectivity index (χ3n) is 4.69. The van der Waals surface area contributed by atoms with E-state index < -0.39 is 0 Å². The van der Waals surface area contributed by atoms with Crippen molar-refractivity contribution in [3.8, 4) is 23.3 Å². The molecule has 0 aliphatic carbocycles. The number of furan rings is 1. The lowest BCUT2D eigenvalue weighted by atomic mass is 10.0. The second-order valence-electron chi connectivity index (χ2n) is 6.79. The topological polar surface area (TPSA) is 98.0 Å². The number of ether oxygens (including phenoxy) is 1. The van der Waals surface area contributed by atoms with Crippen molar-refractivity contribution >= 4 is 5.95 Å². The van der Waals surface area contributed by atoms with E-state index in [1.54, 1.807) is 18.4 Å². The Morgan fingerprint density at radius 2 is 1.87 bits per heavy atom. The van der Waals surface area contributed by atoms with Gasteiger partial charge in [0.2, 0.25) is 11.8 Å². The number of aryl methyl sites for hydroxylation is 2. The van der Waals surface area contributed by atoms with Crippen molar-refractivity contribution in [3.63, 3.8) is 0 Å². The number of hydrogen-bond donors (Lipinski definition) is 1. The smallest absolute Gasteiger partial charge is 0.223 e. The second kappa shape index (κ2) is 8.93. The zero-order chi connectivity index (χ0) is 20.8. The minimum Gasteiger partial charge on any atom is -0.473 e. The first kappa shape index (κ1) is 19.2. The summed E-state index contributed by atoms with van der Waals surface area (Å²) in [6.07, 6.45) is 3.16. The highest BCUT2D eigenvalue weighted by atomic mass is 16.5. The SMILES string of the molecule is N#Cc1ccccc1COc1cc(CCc2cccc(-c3ccco3)c2)nc(N)n1. The Hall–Kier alpha value is -4.11. The Morgan fingerprint density at radius 1 is 0.967 bits per heavy atom. The number of nitrogens with zero attached hydrogens (tertiary/aromatic N) is 3. The van der Waals surface area contributed by atoms with Crippen LogP contribution in [-0.2, 0) is 19.4 Å². The van der Waals surface area contributed by atoms with Gasteiger partial charge in [-0.1, -0.05) is 36.4 Å². The second-order valence-corrected chi connectivity index (χ2v) is 6.79. The molecule has 6 nitrogen and oxygen atoms in total. The van der Waals surface area contributed by atoms with Gasteiger partial charge in [-0.2, -0.15) is 10.2 Å². The Labute approximate surface area is 174 Å². The van der Waals surface area contributed by atoms with E-state index in [9.17, 15) is 5.26 Å². The number of nitrogens with two attached hydrogens (primary N) is 1. The average Bonchev–Trinajstić information content (AvgIpc) is 3.31.